The smallest absolute Gasteiger partial charge is 0.270 e. The topological polar surface area (TPSA) is 96.3 Å². The van der Waals surface area contributed by atoms with Gasteiger partial charge in [0.05, 0.1) is 6.20 Å². The van der Waals surface area contributed by atoms with Gasteiger partial charge in [0, 0.05) is 29.6 Å². The van der Waals surface area contributed by atoms with E-state index in [2.05, 4.69) is 20.9 Å². The highest BCUT2D eigenvalue weighted by molar-refractivity contribution is 5.96. The molecule has 0 unspecified atom stereocenters. The molecule has 0 aliphatic carbocycles. The number of hydrogen-bond acceptors (Lipinski definition) is 5. The fourth-order valence-electron chi connectivity index (χ4n) is 3.43. The standard InChI is InChI=1S/C15H16N4O3/c20-7-17-14-4-8-3-12(16-6-13(8)22-14)15(21)19-11-5-9-1-2-10(11)18-9/h3-4,6-7,9-11,18H,1-2,5H2,(H,17,20)(H,19,21)/t9-,10+,11-/m1/s1. The van der Waals surface area contributed by atoms with E-state index in [4.69, 9.17) is 4.42 Å². The number of rotatable bonds is 4. The molecule has 2 saturated heterocycles. The number of nitrogens with one attached hydrogen (secondary N) is 3. The molecule has 7 heteroatoms. The summed E-state index contributed by atoms with van der Waals surface area (Å²) in [6.45, 7) is 0. The summed E-state index contributed by atoms with van der Waals surface area (Å²) in [6, 6.07) is 4.44. The van der Waals surface area contributed by atoms with Crippen LogP contribution in [0.5, 0.6) is 0 Å². The van der Waals surface area contributed by atoms with Crippen LogP contribution in [0.3, 0.4) is 0 Å². The van der Waals surface area contributed by atoms with Gasteiger partial charge in [0.2, 0.25) is 12.3 Å². The molecule has 2 fully saturated rings. The molecule has 3 N–H and O–H groups in total. The molecule has 114 valence electrons. The Morgan fingerprint density at radius 1 is 1.41 bits per heavy atom. The Labute approximate surface area is 126 Å². The van der Waals surface area contributed by atoms with Gasteiger partial charge in [0.25, 0.3) is 5.91 Å². The average molecular weight is 300 g/mol. The average Bonchev–Trinajstić information content (AvgIpc) is 3.20. The van der Waals surface area contributed by atoms with Gasteiger partial charge in [-0.1, -0.05) is 0 Å². The Balaban J connectivity index is 1.52. The van der Waals surface area contributed by atoms with Crippen molar-refractivity contribution in [3.05, 3.63) is 24.0 Å². The zero-order chi connectivity index (χ0) is 15.1. The molecule has 2 aromatic rings. The lowest BCUT2D eigenvalue weighted by atomic mass is 9.95. The van der Waals surface area contributed by atoms with Gasteiger partial charge in [0.1, 0.15) is 5.69 Å². The van der Waals surface area contributed by atoms with E-state index in [1.54, 1.807) is 12.1 Å². The van der Waals surface area contributed by atoms with Gasteiger partial charge in [-0.25, -0.2) is 4.98 Å². The number of pyridine rings is 1. The molecule has 22 heavy (non-hydrogen) atoms. The van der Waals surface area contributed by atoms with Gasteiger partial charge < -0.3 is 15.1 Å². The van der Waals surface area contributed by atoms with E-state index in [0.717, 1.165) is 18.2 Å². The molecule has 0 spiro atoms. The molecule has 0 aromatic carbocycles. The molecular formula is C15H16N4O3. The monoisotopic (exact) mass is 300 g/mol. The Kier molecular flexibility index (Phi) is 3.07. The number of amides is 2. The fraction of sp³-hybridized carbons (Fsp3) is 0.400. The van der Waals surface area contributed by atoms with E-state index in [0.29, 0.717) is 35.7 Å². The highest BCUT2D eigenvalue weighted by Gasteiger charge is 2.39. The highest BCUT2D eigenvalue weighted by atomic mass is 16.4. The van der Waals surface area contributed by atoms with Crippen LogP contribution >= 0.6 is 0 Å². The van der Waals surface area contributed by atoms with E-state index in [9.17, 15) is 9.59 Å². The third-order valence-corrected chi connectivity index (χ3v) is 4.45. The van der Waals surface area contributed by atoms with Crippen molar-refractivity contribution in [1.82, 2.24) is 15.6 Å². The predicted octanol–water partition coefficient (Wildman–Crippen LogP) is 1.02. The molecule has 2 bridgehead atoms. The lowest BCUT2D eigenvalue weighted by molar-refractivity contribution is -0.105. The molecule has 0 saturated carbocycles. The number of aromatic nitrogens is 1. The third-order valence-electron chi connectivity index (χ3n) is 4.45. The van der Waals surface area contributed by atoms with Gasteiger partial charge in [-0.05, 0) is 25.3 Å². The number of hydrogen-bond donors (Lipinski definition) is 3. The summed E-state index contributed by atoms with van der Waals surface area (Å²) in [7, 11) is 0. The highest BCUT2D eigenvalue weighted by Crippen LogP contribution is 2.28. The molecule has 2 amide bonds. The van der Waals surface area contributed by atoms with Crippen LogP contribution in [-0.4, -0.2) is 35.4 Å². The summed E-state index contributed by atoms with van der Waals surface area (Å²) >= 11 is 0. The second-order valence-corrected chi connectivity index (χ2v) is 5.84. The van der Waals surface area contributed by atoms with E-state index in [-0.39, 0.29) is 11.9 Å². The number of nitrogens with zero attached hydrogens (tertiary/aromatic N) is 1. The lowest BCUT2D eigenvalue weighted by Crippen LogP contribution is -2.43. The van der Waals surface area contributed by atoms with Gasteiger partial charge >= 0.3 is 0 Å². The van der Waals surface area contributed by atoms with Crippen molar-refractivity contribution in [3.8, 4) is 0 Å². The number of furan rings is 1. The molecule has 0 radical (unpaired) electrons. The lowest BCUT2D eigenvalue weighted by Gasteiger charge is -2.21. The zero-order valence-corrected chi connectivity index (χ0v) is 11.8. The number of carbonyl (C=O) groups excluding carboxylic acids is 2. The van der Waals surface area contributed by atoms with Gasteiger partial charge in [-0.3, -0.25) is 14.9 Å². The minimum absolute atomic E-state index is 0.174. The first-order chi connectivity index (χ1) is 10.7. The molecule has 4 heterocycles. The van der Waals surface area contributed by atoms with Crippen LogP contribution in [0.25, 0.3) is 11.0 Å². The molecular weight excluding hydrogens is 284 g/mol. The first-order valence-electron chi connectivity index (χ1n) is 7.39. The van der Waals surface area contributed by atoms with Crippen LogP contribution < -0.4 is 16.0 Å². The number of carbonyl (C=O) groups is 2. The maximum Gasteiger partial charge on any atom is 0.270 e. The summed E-state index contributed by atoms with van der Waals surface area (Å²) in [5, 5.41) is 9.72. The Hall–Kier alpha value is -2.41. The summed E-state index contributed by atoms with van der Waals surface area (Å²) in [4.78, 5) is 26.9. The minimum Gasteiger partial charge on any atom is -0.439 e. The van der Waals surface area contributed by atoms with E-state index < -0.39 is 0 Å². The van der Waals surface area contributed by atoms with Gasteiger partial charge in [-0.15, -0.1) is 0 Å². The Bertz CT molecular complexity index is 741. The maximum absolute atomic E-state index is 12.3. The maximum atomic E-state index is 12.3. The largest absolute Gasteiger partial charge is 0.439 e. The van der Waals surface area contributed by atoms with Crippen molar-refractivity contribution in [2.75, 3.05) is 5.32 Å². The Morgan fingerprint density at radius 3 is 3.05 bits per heavy atom. The SMILES string of the molecule is O=CNc1cc2cc(C(=O)N[C@@H]3C[C@H]4CC[C@@H]3N4)ncc2o1. The normalized spacial score (nSPS) is 26.3. The Morgan fingerprint density at radius 2 is 2.32 bits per heavy atom. The summed E-state index contributed by atoms with van der Waals surface area (Å²) < 4.78 is 5.37. The van der Waals surface area contributed by atoms with E-state index in [1.165, 1.54) is 12.6 Å². The number of fused-ring (bicyclic) bond motifs is 3. The molecule has 2 aliphatic heterocycles. The molecule has 4 rings (SSSR count). The van der Waals surface area contributed by atoms with Gasteiger partial charge in [-0.2, -0.15) is 0 Å². The third kappa shape index (κ3) is 2.23. The van der Waals surface area contributed by atoms with Crippen molar-refractivity contribution < 1.29 is 14.0 Å². The predicted molar refractivity (Wildman–Crippen MR) is 79.5 cm³/mol. The van der Waals surface area contributed by atoms with E-state index in [1.807, 2.05) is 0 Å². The first-order valence-corrected chi connectivity index (χ1v) is 7.39. The van der Waals surface area contributed by atoms with Crippen LogP contribution in [-0.2, 0) is 4.79 Å². The van der Waals surface area contributed by atoms with E-state index >= 15 is 0 Å². The van der Waals surface area contributed by atoms with Crippen molar-refractivity contribution in [3.63, 3.8) is 0 Å². The minimum atomic E-state index is -0.174. The second kappa shape index (κ2) is 5.10. The van der Waals surface area contributed by atoms with Crippen molar-refractivity contribution in [1.29, 1.82) is 0 Å². The zero-order valence-electron chi connectivity index (χ0n) is 11.8. The van der Waals surface area contributed by atoms with Crippen LogP contribution in [0, 0.1) is 0 Å². The van der Waals surface area contributed by atoms with Gasteiger partial charge in [0.15, 0.2) is 5.58 Å². The fourth-order valence-corrected chi connectivity index (χ4v) is 3.43. The molecule has 2 aliphatic rings. The van der Waals surface area contributed by atoms with Crippen molar-refractivity contribution in [2.45, 2.75) is 37.4 Å². The molecule has 2 aromatic heterocycles. The summed E-state index contributed by atoms with van der Waals surface area (Å²) in [5.74, 6) is 0.161. The van der Waals surface area contributed by atoms with Crippen molar-refractivity contribution >= 4 is 29.2 Å². The quantitative estimate of drug-likeness (QED) is 0.733. The first kappa shape index (κ1) is 13.3. The second-order valence-electron chi connectivity index (χ2n) is 5.84. The molecule has 7 nitrogen and oxygen atoms in total. The molecule has 3 atom stereocenters. The van der Waals surface area contributed by atoms with Crippen molar-refractivity contribution in [2.24, 2.45) is 0 Å². The number of anilines is 1. The summed E-state index contributed by atoms with van der Waals surface area (Å²) in [5.41, 5.74) is 0.885. The van der Waals surface area contributed by atoms with Crippen LogP contribution in [0.15, 0.2) is 22.7 Å². The van der Waals surface area contributed by atoms with Crippen LogP contribution in [0.2, 0.25) is 0 Å². The summed E-state index contributed by atoms with van der Waals surface area (Å²) in [6.07, 6.45) is 5.34. The van der Waals surface area contributed by atoms with Crippen LogP contribution in [0.1, 0.15) is 29.8 Å². The van der Waals surface area contributed by atoms with Crippen LogP contribution in [0.4, 0.5) is 5.88 Å².